The Kier molecular flexibility index (Phi) is 5.04. The van der Waals surface area contributed by atoms with Crippen LogP contribution in [-0.2, 0) is 6.54 Å². The van der Waals surface area contributed by atoms with Crippen molar-refractivity contribution in [2.24, 2.45) is 5.92 Å². The number of piperidine rings is 1. The molecule has 4 nitrogen and oxygen atoms in total. The molecule has 1 aliphatic carbocycles. The highest BCUT2D eigenvalue weighted by molar-refractivity contribution is 6.32. The molecule has 0 spiro atoms. The molecule has 1 heterocycles. The SMILES string of the molecule is COc1cc(CN2CCC3(O)CCCCC3C2)cc(Cl)c1OC. The van der Waals surface area contributed by atoms with Crippen molar-refractivity contribution in [3.63, 3.8) is 0 Å². The van der Waals surface area contributed by atoms with Crippen LogP contribution in [0.4, 0.5) is 0 Å². The molecule has 1 aromatic rings. The van der Waals surface area contributed by atoms with E-state index in [1.54, 1.807) is 14.2 Å². The fraction of sp³-hybridized carbons (Fsp3) is 0.667. The van der Waals surface area contributed by atoms with E-state index in [4.69, 9.17) is 21.1 Å². The molecule has 0 radical (unpaired) electrons. The van der Waals surface area contributed by atoms with Gasteiger partial charge in [-0.2, -0.15) is 0 Å². The van der Waals surface area contributed by atoms with Crippen molar-refractivity contribution in [2.75, 3.05) is 27.3 Å². The summed E-state index contributed by atoms with van der Waals surface area (Å²) in [6, 6.07) is 3.94. The molecular weight excluding hydrogens is 314 g/mol. The van der Waals surface area contributed by atoms with E-state index in [-0.39, 0.29) is 0 Å². The summed E-state index contributed by atoms with van der Waals surface area (Å²) in [5, 5.41) is 11.4. The molecule has 2 unspecified atom stereocenters. The lowest BCUT2D eigenvalue weighted by atomic mass is 9.71. The normalized spacial score (nSPS) is 28.3. The summed E-state index contributed by atoms with van der Waals surface area (Å²) in [5.74, 6) is 1.65. The third kappa shape index (κ3) is 3.44. The number of halogens is 1. The van der Waals surface area contributed by atoms with Gasteiger partial charge in [0.15, 0.2) is 11.5 Å². The fourth-order valence-electron chi connectivity index (χ4n) is 4.10. The van der Waals surface area contributed by atoms with Crippen molar-refractivity contribution in [3.05, 3.63) is 22.7 Å². The molecule has 1 saturated heterocycles. The van der Waals surface area contributed by atoms with Crippen LogP contribution in [-0.4, -0.2) is 42.9 Å². The third-order valence-electron chi connectivity index (χ3n) is 5.41. The van der Waals surface area contributed by atoms with Crippen molar-refractivity contribution in [2.45, 2.75) is 44.2 Å². The highest BCUT2D eigenvalue weighted by atomic mass is 35.5. The summed E-state index contributed by atoms with van der Waals surface area (Å²) >= 11 is 6.30. The first kappa shape index (κ1) is 16.9. The fourth-order valence-corrected chi connectivity index (χ4v) is 4.41. The van der Waals surface area contributed by atoms with Crippen molar-refractivity contribution in [3.8, 4) is 11.5 Å². The third-order valence-corrected chi connectivity index (χ3v) is 5.69. The van der Waals surface area contributed by atoms with Crippen LogP contribution in [0, 0.1) is 5.92 Å². The lowest BCUT2D eigenvalue weighted by Crippen LogP contribution is -2.52. The Bertz CT molecular complexity index is 565. The Morgan fingerprint density at radius 2 is 2.09 bits per heavy atom. The zero-order valence-corrected chi connectivity index (χ0v) is 14.7. The average molecular weight is 340 g/mol. The van der Waals surface area contributed by atoms with Gasteiger partial charge in [0.2, 0.25) is 0 Å². The minimum Gasteiger partial charge on any atom is -0.493 e. The summed E-state index contributed by atoms with van der Waals surface area (Å²) < 4.78 is 10.7. The van der Waals surface area contributed by atoms with Crippen molar-refractivity contribution >= 4 is 11.6 Å². The molecule has 1 aliphatic heterocycles. The predicted molar refractivity (Wildman–Crippen MR) is 91.4 cm³/mol. The van der Waals surface area contributed by atoms with E-state index >= 15 is 0 Å². The molecule has 1 N–H and O–H groups in total. The molecule has 0 aromatic heterocycles. The molecule has 2 atom stereocenters. The van der Waals surface area contributed by atoms with Gasteiger partial charge in [-0.25, -0.2) is 0 Å². The van der Waals surface area contributed by atoms with Crippen LogP contribution in [0.15, 0.2) is 12.1 Å². The zero-order valence-electron chi connectivity index (χ0n) is 14.0. The maximum atomic E-state index is 10.8. The van der Waals surface area contributed by atoms with Crippen molar-refractivity contribution in [1.29, 1.82) is 0 Å². The monoisotopic (exact) mass is 339 g/mol. The quantitative estimate of drug-likeness (QED) is 0.911. The first-order valence-corrected chi connectivity index (χ1v) is 8.78. The standard InChI is InChI=1S/C18H26ClNO3/c1-22-16-10-13(9-15(19)17(16)23-2)11-20-8-7-18(21)6-4-3-5-14(18)12-20/h9-10,14,21H,3-8,11-12H2,1-2H3. The van der Waals surface area contributed by atoms with Gasteiger partial charge in [0, 0.05) is 25.6 Å². The summed E-state index contributed by atoms with van der Waals surface area (Å²) in [6.07, 6.45) is 5.38. The van der Waals surface area contributed by atoms with E-state index in [0.29, 0.717) is 22.4 Å². The second-order valence-corrected chi connectivity index (χ2v) is 7.25. The number of likely N-dealkylation sites (tertiary alicyclic amines) is 1. The molecule has 5 heteroatoms. The van der Waals surface area contributed by atoms with E-state index in [9.17, 15) is 5.11 Å². The Balaban J connectivity index is 1.72. The summed E-state index contributed by atoms with van der Waals surface area (Å²) in [7, 11) is 3.22. The number of nitrogens with zero attached hydrogens (tertiary/aromatic N) is 1. The van der Waals surface area contributed by atoms with E-state index in [1.165, 1.54) is 6.42 Å². The van der Waals surface area contributed by atoms with Gasteiger partial charge in [-0.05, 0) is 37.0 Å². The number of hydrogen-bond donors (Lipinski definition) is 1. The van der Waals surface area contributed by atoms with Gasteiger partial charge in [0.05, 0.1) is 24.8 Å². The van der Waals surface area contributed by atoms with Crippen LogP contribution in [0.5, 0.6) is 11.5 Å². The lowest BCUT2D eigenvalue weighted by molar-refractivity contribution is -0.0967. The van der Waals surface area contributed by atoms with Crippen molar-refractivity contribution < 1.29 is 14.6 Å². The van der Waals surface area contributed by atoms with E-state index in [1.807, 2.05) is 12.1 Å². The van der Waals surface area contributed by atoms with Crippen molar-refractivity contribution in [1.82, 2.24) is 4.90 Å². The number of hydrogen-bond acceptors (Lipinski definition) is 4. The number of methoxy groups -OCH3 is 2. The van der Waals surface area contributed by atoms with Crippen LogP contribution in [0.1, 0.15) is 37.7 Å². The van der Waals surface area contributed by atoms with Crippen LogP contribution in [0.3, 0.4) is 0 Å². The second kappa shape index (κ2) is 6.88. The van der Waals surface area contributed by atoms with Gasteiger partial charge in [-0.1, -0.05) is 24.4 Å². The minimum atomic E-state index is -0.427. The second-order valence-electron chi connectivity index (χ2n) is 6.84. The Labute approximate surface area is 143 Å². The molecular formula is C18H26ClNO3. The maximum Gasteiger partial charge on any atom is 0.179 e. The Hall–Kier alpha value is -0.970. The van der Waals surface area contributed by atoms with Crippen LogP contribution >= 0.6 is 11.6 Å². The summed E-state index contributed by atoms with van der Waals surface area (Å²) in [4.78, 5) is 2.42. The van der Waals surface area contributed by atoms with Gasteiger partial charge >= 0.3 is 0 Å². The topological polar surface area (TPSA) is 41.9 Å². The highest BCUT2D eigenvalue weighted by Crippen LogP contribution is 2.41. The smallest absolute Gasteiger partial charge is 0.179 e. The molecule has 2 fully saturated rings. The van der Waals surface area contributed by atoms with E-state index in [2.05, 4.69) is 4.90 Å². The summed E-state index contributed by atoms with van der Waals surface area (Å²) in [5.41, 5.74) is 0.693. The Morgan fingerprint density at radius 3 is 2.83 bits per heavy atom. The van der Waals surface area contributed by atoms with Gasteiger partial charge in [0.25, 0.3) is 0 Å². The van der Waals surface area contributed by atoms with Gasteiger partial charge in [-0.15, -0.1) is 0 Å². The lowest BCUT2D eigenvalue weighted by Gasteiger charge is -2.47. The predicted octanol–water partition coefficient (Wildman–Crippen LogP) is 3.48. The van der Waals surface area contributed by atoms with Gasteiger partial charge < -0.3 is 14.6 Å². The molecule has 1 saturated carbocycles. The van der Waals surface area contributed by atoms with Gasteiger partial charge in [0.1, 0.15) is 0 Å². The van der Waals surface area contributed by atoms with Gasteiger partial charge in [-0.3, -0.25) is 4.90 Å². The molecule has 128 valence electrons. The molecule has 1 aromatic carbocycles. The van der Waals surface area contributed by atoms with Crippen LogP contribution < -0.4 is 9.47 Å². The molecule has 0 bridgehead atoms. The zero-order chi connectivity index (χ0) is 16.4. The number of benzene rings is 1. The van der Waals surface area contributed by atoms with E-state index in [0.717, 1.165) is 50.9 Å². The average Bonchev–Trinajstić information content (AvgIpc) is 2.54. The Morgan fingerprint density at radius 1 is 1.26 bits per heavy atom. The van der Waals surface area contributed by atoms with Crippen LogP contribution in [0.25, 0.3) is 0 Å². The maximum absolute atomic E-state index is 10.8. The summed E-state index contributed by atoms with van der Waals surface area (Å²) in [6.45, 7) is 2.72. The molecule has 23 heavy (non-hydrogen) atoms. The van der Waals surface area contributed by atoms with Crippen LogP contribution in [0.2, 0.25) is 5.02 Å². The minimum absolute atomic E-state index is 0.403. The largest absolute Gasteiger partial charge is 0.493 e. The molecule has 3 rings (SSSR count). The molecule has 0 amide bonds. The van der Waals surface area contributed by atoms with E-state index < -0.39 is 5.60 Å². The number of aliphatic hydroxyl groups is 1. The molecule has 2 aliphatic rings. The first-order chi connectivity index (χ1) is 11.1. The first-order valence-electron chi connectivity index (χ1n) is 8.41. The highest BCUT2D eigenvalue weighted by Gasteiger charge is 2.42. The number of ether oxygens (including phenoxy) is 2. The number of rotatable bonds is 4. The number of fused-ring (bicyclic) bond motifs is 1.